The Balaban J connectivity index is 1.76. The summed E-state index contributed by atoms with van der Waals surface area (Å²) in [5.41, 5.74) is 1.23. The molecule has 1 aromatic carbocycles. The predicted molar refractivity (Wildman–Crippen MR) is 99.0 cm³/mol. The number of benzene rings is 1. The molecule has 1 atom stereocenters. The summed E-state index contributed by atoms with van der Waals surface area (Å²) in [6, 6.07) is 7.59. The molecular weight excluding hydrogens is 368 g/mol. The van der Waals surface area contributed by atoms with E-state index in [1.165, 1.54) is 0 Å². The summed E-state index contributed by atoms with van der Waals surface area (Å²) in [7, 11) is 0. The van der Waals surface area contributed by atoms with E-state index in [0.29, 0.717) is 28.7 Å². The van der Waals surface area contributed by atoms with Crippen LogP contribution in [0.25, 0.3) is 0 Å². The molecule has 0 aliphatic carbocycles. The first-order valence-corrected chi connectivity index (χ1v) is 9.73. The second kappa shape index (κ2) is 8.82. The molecule has 0 saturated carbocycles. The van der Waals surface area contributed by atoms with Crippen LogP contribution >= 0.6 is 11.8 Å². The van der Waals surface area contributed by atoms with Crippen molar-refractivity contribution >= 4 is 23.6 Å². The fraction of sp³-hybridized carbons (Fsp3) is 0.421. The second-order valence-electron chi connectivity index (χ2n) is 6.13. The average molecular weight is 388 g/mol. The van der Waals surface area contributed by atoms with Gasteiger partial charge >= 0.3 is 5.97 Å². The number of carbonyl (C=O) groups is 2. The number of nitriles is 1. The minimum Gasteiger partial charge on any atom is -0.465 e. The van der Waals surface area contributed by atoms with Crippen molar-refractivity contribution in [1.82, 2.24) is 5.32 Å². The Morgan fingerprint density at radius 1 is 1.41 bits per heavy atom. The summed E-state index contributed by atoms with van der Waals surface area (Å²) >= 11 is 1.12. The Labute approximate surface area is 161 Å². The highest BCUT2D eigenvalue weighted by Gasteiger charge is 2.31. The lowest BCUT2D eigenvalue weighted by atomic mass is 9.87. The van der Waals surface area contributed by atoms with E-state index in [-0.39, 0.29) is 30.8 Å². The Morgan fingerprint density at radius 3 is 3.00 bits per heavy atom. The van der Waals surface area contributed by atoms with Gasteiger partial charge in [-0.25, -0.2) is 0 Å². The molecule has 0 fully saturated rings. The van der Waals surface area contributed by atoms with Crippen molar-refractivity contribution in [3.05, 3.63) is 34.4 Å². The summed E-state index contributed by atoms with van der Waals surface area (Å²) in [6.07, 6.45) is 1.91. The van der Waals surface area contributed by atoms with Crippen LogP contribution in [0.15, 0.2) is 28.8 Å². The zero-order chi connectivity index (χ0) is 19.2. The molecule has 27 heavy (non-hydrogen) atoms. The third kappa shape index (κ3) is 4.55. The van der Waals surface area contributed by atoms with Crippen molar-refractivity contribution in [3.63, 3.8) is 0 Å². The van der Waals surface area contributed by atoms with Crippen LogP contribution in [-0.4, -0.2) is 31.0 Å². The van der Waals surface area contributed by atoms with Gasteiger partial charge < -0.3 is 19.5 Å². The van der Waals surface area contributed by atoms with Crippen LogP contribution in [0.4, 0.5) is 0 Å². The van der Waals surface area contributed by atoms with Gasteiger partial charge in [-0.2, -0.15) is 5.26 Å². The van der Waals surface area contributed by atoms with Crippen LogP contribution in [0.1, 0.15) is 37.7 Å². The fourth-order valence-corrected chi connectivity index (χ4v) is 3.73. The zero-order valence-corrected chi connectivity index (χ0v) is 15.8. The van der Waals surface area contributed by atoms with Crippen LogP contribution in [0.3, 0.4) is 0 Å². The second-order valence-corrected chi connectivity index (χ2v) is 7.12. The van der Waals surface area contributed by atoms with Gasteiger partial charge in [0.05, 0.1) is 29.0 Å². The van der Waals surface area contributed by atoms with Gasteiger partial charge in [0.1, 0.15) is 0 Å². The number of rotatable bonds is 7. The molecule has 0 unspecified atom stereocenters. The maximum Gasteiger partial charge on any atom is 0.316 e. The van der Waals surface area contributed by atoms with E-state index in [9.17, 15) is 14.9 Å². The van der Waals surface area contributed by atoms with E-state index in [1.54, 1.807) is 12.1 Å². The number of fused-ring (bicyclic) bond motifs is 1. The van der Waals surface area contributed by atoms with Gasteiger partial charge in [-0.3, -0.25) is 9.59 Å². The summed E-state index contributed by atoms with van der Waals surface area (Å²) in [4.78, 5) is 24.0. The molecule has 0 spiro atoms. The van der Waals surface area contributed by atoms with Crippen LogP contribution in [0.5, 0.6) is 11.5 Å². The van der Waals surface area contributed by atoms with Crippen molar-refractivity contribution in [1.29, 1.82) is 5.26 Å². The number of allylic oxidation sites excluding steroid dienone is 1. The monoisotopic (exact) mass is 388 g/mol. The van der Waals surface area contributed by atoms with Crippen LogP contribution in [0.2, 0.25) is 0 Å². The van der Waals surface area contributed by atoms with Crippen LogP contribution < -0.4 is 14.8 Å². The third-order valence-corrected chi connectivity index (χ3v) is 5.24. The molecule has 0 saturated heterocycles. The molecule has 2 heterocycles. The molecule has 0 bridgehead atoms. The molecule has 2 aliphatic heterocycles. The molecule has 2 aliphatic rings. The SMILES string of the molecule is CCCCOC(=O)CSC1=C(C#N)[C@H](c2ccc3c(c2)OCO3)CC(=O)N1. The number of esters is 1. The van der Waals surface area contributed by atoms with E-state index in [4.69, 9.17) is 14.2 Å². The Bertz CT molecular complexity index is 815. The number of unbranched alkanes of at least 4 members (excludes halogenated alkanes) is 1. The van der Waals surface area contributed by atoms with Crippen molar-refractivity contribution in [2.45, 2.75) is 32.1 Å². The number of hydrogen-bond donors (Lipinski definition) is 1. The minimum absolute atomic E-state index is 0.0400. The predicted octanol–water partition coefficient (Wildman–Crippen LogP) is 2.83. The van der Waals surface area contributed by atoms with Crippen LogP contribution in [-0.2, 0) is 14.3 Å². The minimum atomic E-state index is -0.392. The molecule has 8 heteroatoms. The lowest BCUT2D eigenvalue weighted by Crippen LogP contribution is -2.31. The van der Waals surface area contributed by atoms with Gasteiger partial charge in [0.2, 0.25) is 12.7 Å². The van der Waals surface area contributed by atoms with Crippen LogP contribution in [0, 0.1) is 11.3 Å². The summed E-state index contributed by atoms with van der Waals surface area (Å²) < 4.78 is 15.8. The Kier molecular flexibility index (Phi) is 6.24. The molecule has 0 radical (unpaired) electrons. The first kappa shape index (κ1) is 19.1. The van der Waals surface area contributed by atoms with Crippen molar-refractivity contribution in [3.8, 4) is 17.6 Å². The first-order valence-electron chi connectivity index (χ1n) is 8.74. The van der Waals surface area contributed by atoms with Crippen molar-refractivity contribution in [2.24, 2.45) is 0 Å². The molecule has 1 aromatic rings. The number of amides is 1. The topological polar surface area (TPSA) is 97.7 Å². The van der Waals surface area contributed by atoms with E-state index in [0.717, 1.165) is 30.2 Å². The highest BCUT2D eigenvalue weighted by atomic mass is 32.2. The molecule has 0 aromatic heterocycles. The zero-order valence-electron chi connectivity index (χ0n) is 14.9. The third-order valence-electron chi connectivity index (χ3n) is 4.25. The number of carbonyl (C=O) groups excluding carboxylic acids is 2. The number of nitrogens with zero attached hydrogens (tertiary/aromatic N) is 1. The van der Waals surface area contributed by atoms with Gasteiger partial charge in [-0.15, -0.1) is 0 Å². The Morgan fingerprint density at radius 2 is 2.22 bits per heavy atom. The van der Waals surface area contributed by atoms with E-state index in [2.05, 4.69) is 11.4 Å². The van der Waals surface area contributed by atoms with E-state index >= 15 is 0 Å². The number of thioether (sulfide) groups is 1. The first-order chi connectivity index (χ1) is 13.1. The summed E-state index contributed by atoms with van der Waals surface area (Å²) in [6.45, 7) is 2.55. The van der Waals surface area contributed by atoms with Crippen molar-refractivity contribution < 1.29 is 23.8 Å². The highest BCUT2D eigenvalue weighted by molar-refractivity contribution is 8.03. The number of ether oxygens (including phenoxy) is 3. The molecule has 1 N–H and O–H groups in total. The molecule has 142 valence electrons. The quantitative estimate of drug-likeness (QED) is 0.566. The number of hydrogen-bond acceptors (Lipinski definition) is 7. The average Bonchev–Trinajstić information content (AvgIpc) is 3.13. The molecular formula is C19H20N2O5S. The van der Waals surface area contributed by atoms with Gasteiger partial charge in [0.15, 0.2) is 11.5 Å². The molecule has 7 nitrogen and oxygen atoms in total. The lowest BCUT2D eigenvalue weighted by Gasteiger charge is -2.25. The van der Waals surface area contributed by atoms with Gasteiger partial charge in [-0.05, 0) is 24.1 Å². The van der Waals surface area contributed by atoms with E-state index < -0.39 is 5.92 Å². The summed E-state index contributed by atoms with van der Waals surface area (Å²) in [5.74, 6) is 0.335. The van der Waals surface area contributed by atoms with Gasteiger partial charge in [0, 0.05) is 12.3 Å². The fourth-order valence-electron chi connectivity index (χ4n) is 2.85. The standard InChI is InChI=1S/C19H20N2O5S/c1-2-3-6-24-18(23)10-27-19-14(9-20)13(8-17(22)21-19)12-4-5-15-16(7-12)26-11-25-15/h4-5,7,13H,2-3,6,8,10-11H2,1H3,(H,21,22)/t13-/m0/s1. The maximum absolute atomic E-state index is 12.2. The molecule has 3 rings (SSSR count). The van der Waals surface area contributed by atoms with Gasteiger partial charge in [-0.1, -0.05) is 31.2 Å². The largest absolute Gasteiger partial charge is 0.465 e. The van der Waals surface area contributed by atoms with Gasteiger partial charge in [0.25, 0.3) is 0 Å². The lowest BCUT2D eigenvalue weighted by molar-refractivity contribution is -0.140. The maximum atomic E-state index is 12.2. The normalized spacial score (nSPS) is 18.1. The highest BCUT2D eigenvalue weighted by Crippen LogP contribution is 2.40. The summed E-state index contributed by atoms with van der Waals surface area (Å²) in [5, 5.41) is 12.8. The number of nitrogens with one attached hydrogen (secondary N) is 1. The van der Waals surface area contributed by atoms with Crippen molar-refractivity contribution in [2.75, 3.05) is 19.2 Å². The Hall–Kier alpha value is -2.66. The van der Waals surface area contributed by atoms with E-state index in [1.807, 2.05) is 13.0 Å². The smallest absolute Gasteiger partial charge is 0.316 e. The molecule has 1 amide bonds.